The van der Waals surface area contributed by atoms with Crippen LogP contribution in [0.3, 0.4) is 0 Å². The summed E-state index contributed by atoms with van der Waals surface area (Å²) in [6.45, 7) is 0.545. The van der Waals surface area contributed by atoms with Crippen LogP contribution >= 0.6 is 11.6 Å². The molecule has 2 aromatic carbocycles. The minimum atomic E-state index is -0.492. The molecule has 27 heavy (non-hydrogen) atoms. The van der Waals surface area contributed by atoms with Crippen molar-refractivity contribution in [2.45, 2.75) is 13.0 Å². The van der Waals surface area contributed by atoms with Crippen LogP contribution in [-0.4, -0.2) is 10.5 Å². The summed E-state index contributed by atoms with van der Waals surface area (Å²) in [7, 11) is 0. The highest BCUT2D eigenvalue weighted by Gasteiger charge is 2.12. The number of nitrogens with one attached hydrogen (secondary N) is 1. The van der Waals surface area contributed by atoms with E-state index in [2.05, 4.69) is 11.4 Å². The fourth-order valence-corrected chi connectivity index (χ4v) is 2.91. The van der Waals surface area contributed by atoms with Crippen molar-refractivity contribution in [1.82, 2.24) is 4.57 Å². The molecule has 1 N–H and O–H groups in total. The number of carbonyl (C=O) groups is 1. The first-order valence-electron chi connectivity index (χ1n) is 8.26. The van der Waals surface area contributed by atoms with E-state index >= 15 is 0 Å². The van der Waals surface area contributed by atoms with Gasteiger partial charge in [0.25, 0.3) is 5.91 Å². The molecule has 0 unspecified atom stereocenters. The standard InChI is InChI=1S/C21H15ClN4O/c22-17-6-8-18(9-7-17)25-21(27)15(13-24)12-16-14-26(11-3-10-23)20-5-2-1-4-19(16)20/h1-2,4-9,12,14H,3,11H2,(H,25,27)/b15-12+. The van der Waals surface area contributed by atoms with Crippen molar-refractivity contribution in [3.63, 3.8) is 0 Å². The van der Waals surface area contributed by atoms with Gasteiger partial charge < -0.3 is 9.88 Å². The molecule has 0 saturated carbocycles. The van der Waals surface area contributed by atoms with Crippen molar-refractivity contribution in [3.05, 3.63) is 70.9 Å². The minimum absolute atomic E-state index is 0.00636. The van der Waals surface area contributed by atoms with Gasteiger partial charge in [-0.15, -0.1) is 0 Å². The van der Waals surface area contributed by atoms with E-state index in [1.807, 2.05) is 41.1 Å². The molecule has 0 aliphatic carbocycles. The SMILES string of the molecule is N#CCCn1cc(/C=C(\C#N)C(=O)Nc2ccc(Cl)cc2)c2ccccc21. The number of aromatic nitrogens is 1. The lowest BCUT2D eigenvalue weighted by Gasteiger charge is -2.04. The van der Waals surface area contributed by atoms with Gasteiger partial charge in [-0.1, -0.05) is 29.8 Å². The summed E-state index contributed by atoms with van der Waals surface area (Å²) in [6.07, 6.45) is 3.80. The molecular formula is C21H15ClN4O. The number of amides is 1. The van der Waals surface area contributed by atoms with Gasteiger partial charge in [0.2, 0.25) is 0 Å². The molecular weight excluding hydrogens is 360 g/mol. The fourth-order valence-electron chi connectivity index (χ4n) is 2.78. The molecule has 0 saturated heterocycles. The van der Waals surface area contributed by atoms with Crippen molar-refractivity contribution < 1.29 is 4.79 Å². The predicted molar refractivity (Wildman–Crippen MR) is 106 cm³/mol. The minimum Gasteiger partial charge on any atom is -0.346 e. The topological polar surface area (TPSA) is 81.6 Å². The number of para-hydroxylation sites is 1. The van der Waals surface area contributed by atoms with Gasteiger partial charge in [-0.25, -0.2) is 0 Å². The third-order valence-electron chi connectivity index (χ3n) is 4.05. The normalized spacial score (nSPS) is 11.0. The summed E-state index contributed by atoms with van der Waals surface area (Å²) in [5.41, 5.74) is 2.26. The van der Waals surface area contributed by atoms with E-state index in [9.17, 15) is 10.1 Å². The number of anilines is 1. The largest absolute Gasteiger partial charge is 0.346 e. The van der Waals surface area contributed by atoms with Crippen molar-refractivity contribution in [2.75, 3.05) is 5.32 Å². The molecule has 6 heteroatoms. The maximum Gasteiger partial charge on any atom is 0.266 e. The highest BCUT2D eigenvalue weighted by molar-refractivity contribution is 6.30. The second-order valence-electron chi connectivity index (χ2n) is 5.83. The third kappa shape index (κ3) is 4.17. The van der Waals surface area contributed by atoms with Crippen LogP contribution in [0.4, 0.5) is 5.69 Å². The Bertz CT molecular complexity index is 1100. The summed E-state index contributed by atoms with van der Waals surface area (Å²) in [5, 5.41) is 22.5. The monoisotopic (exact) mass is 374 g/mol. The highest BCUT2D eigenvalue weighted by atomic mass is 35.5. The van der Waals surface area contributed by atoms with Gasteiger partial charge in [-0.3, -0.25) is 4.79 Å². The molecule has 1 heterocycles. The Labute approximate surface area is 161 Å². The van der Waals surface area contributed by atoms with E-state index in [0.29, 0.717) is 23.7 Å². The van der Waals surface area contributed by atoms with Crippen LogP contribution < -0.4 is 5.32 Å². The highest BCUT2D eigenvalue weighted by Crippen LogP contribution is 2.24. The number of carbonyl (C=O) groups excluding carboxylic acids is 1. The van der Waals surface area contributed by atoms with Gasteiger partial charge in [-0.05, 0) is 36.4 Å². The Morgan fingerprint density at radius 1 is 1.15 bits per heavy atom. The van der Waals surface area contributed by atoms with Crippen LogP contribution in [0.2, 0.25) is 5.02 Å². The zero-order valence-corrected chi connectivity index (χ0v) is 15.1. The summed E-state index contributed by atoms with van der Waals surface area (Å²) in [4.78, 5) is 12.5. The van der Waals surface area contributed by atoms with Crippen LogP contribution in [0.15, 0.2) is 60.3 Å². The molecule has 1 aromatic heterocycles. The lowest BCUT2D eigenvalue weighted by Crippen LogP contribution is -2.13. The molecule has 5 nitrogen and oxygen atoms in total. The first-order chi connectivity index (χ1) is 13.1. The van der Waals surface area contributed by atoms with Gasteiger partial charge >= 0.3 is 0 Å². The molecule has 0 aliphatic heterocycles. The van der Waals surface area contributed by atoms with Gasteiger partial charge in [0.15, 0.2) is 0 Å². The third-order valence-corrected chi connectivity index (χ3v) is 4.30. The molecule has 0 atom stereocenters. The first-order valence-corrected chi connectivity index (χ1v) is 8.63. The van der Waals surface area contributed by atoms with Crippen LogP contribution in [0.25, 0.3) is 17.0 Å². The summed E-state index contributed by atoms with van der Waals surface area (Å²) >= 11 is 5.84. The first kappa shape index (κ1) is 18.3. The van der Waals surface area contributed by atoms with Crippen molar-refractivity contribution >= 4 is 40.2 Å². The maximum absolute atomic E-state index is 12.5. The predicted octanol–water partition coefficient (Wildman–Crippen LogP) is 4.75. The van der Waals surface area contributed by atoms with E-state index in [1.54, 1.807) is 30.3 Å². The van der Waals surface area contributed by atoms with Crippen LogP contribution in [0.5, 0.6) is 0 Å². The van der Waals surface area contributed by atoms with Gasteiger partial charge in [0.1, 0.15) is 11.6 Å². The smallest absolute Gasteiger partial charge is 0.266 e. The van der Waals surface area contributed by atoms with E-state index in [0.717, 1.165) is 16.5 Å². The lowest BCUT2D eigenvalue weighted by atomic mass is 10.1. The maximum atomic E-state index is 12.5. The lowest BCUT2D eigenvalue weighted by molar-refractivity contribution is -0.112. The molecule has 0 bridgehead atoms. The number of aryl methyl sites for hydroxylation is 1. The van der Waals surface area contributed by atoms with Crippen LogP contribution in [0.1, 0.15) is 12.0 Å². The van der Waals surface area contributed by atoms with Crippen LogP contribution in [-0.2, 0) is 11.3 Å². The number of rotatable bonds is 5. The van der Waals surface area contributed by atoms with E-state index in [1.165, 1.54) is 0 Å². The Balaban J connectivity index is 1.93. The number of benzene rings is 2. The summed E-state index contributed by atoms with van der Waals surface area (Å²) in [6, 6.07) is 18.4. The molecule has 0 fully saturated rings. The van der Waals surface area contributed by atoms with Crippen LogP contribution in [0, 0.1) is 22.7 Å². The molecule has 3 rings (SSSR count). The molecule has 0 radical (unpaired) electrons. The molecule has 0 spiro atoms. The number of halogens is 1. The Kier molecular flexibility index (Phi) is 5.56. The zero-order valence-electron chi connectivity index (χ0n) is 14.3. The Morgan fingerprint density at radius 3 is 2.59 bits per heavy atom. The molecule has 132 valence electrons. The van der Waals surface area contributed by atoms with Crippen molar-refractivity contribution in [3.8, 4) is 12.1 Å². The van der Waals surface area contributed by atoms with Gasteiger partial charge in [0.05, 0.1) is 12.5 Å². The quantitative estimate of drug-likeness (QED) is 0.516. The number of hydrogen-bond acceptors (Lipinski definition) is 3. The summed E-state index contributed by atoms with van der Waals surface area (Å²) in [5.74, 6) is -0.492. The van der Waals surface area contributed by atoms with E-state index < -0.39 is 5.91 Å². The van der Waals surface area contributed by atoms with E-state index in [-0.39, 0.29) is 5.57 Å². The number of fused-ring (bicyclic) bond motifs is 1. The average Bonchev–Trinajstić information content (AvgIpc) is 3.04. The number of nitriles is 2. The Morgan fingerprint density at radius 2 is 1.89 bits per heavy atom. The summed E-state index contributed by atoms with van der Waals surface area (Å²) < 4.78 is 1.95. The molecule has 3 aromatic rings. The average molecular weight is 375 g/mol. The number of hydrogen-bond donors (Lipinski definition) is 1. The second kappa shape index (κ2) is 8.23. The molecule has 0 aliphatic rings. The molecule has 1 amide bonds. The zero-order chi connectivity index (χ0) is 19.2. The van der Waals surface area contributed by atoms with Crippen molar-refractivity contribution in [1.29, 1.82) is 10.5 Å². The van der Waals surface area contributed by atoms with Crippen molar-refractivity contribution in [2.24, 2.45) is 0 Å². The van der Waals surface area contributed by atoms with E-state index in [4.69, 9.17) is 16.9 Å². The fraction of sp³-hybridized carbons (Fsp3) is 0.0952. The Hall–Kier alpha value is -3.54. The number of nitrogens with zero attached hydrogens (tertiary/aromatic N) is 3. The van der Waals surface area contributed by atoms with Gasteiger partial charge in [0, 0.05) is 39.9 Å². The van der Waals surface area contributed by atoms with Gasteiger partial charge in [-0.2, -0.15) is 10.5 Å². The second-order valence-corrected chi connectivity index (χ2v) is 6.27.